The second kappa shape index (κ2) is 5.35. The van der Waals surface area contributed by atoms with Crippen molar-refractivity contribution in [1.29, 1.82) is 0 Å². The Morgan fingerprint density at radius 2 is 2.29 bits per heavy atom. The maximum absolute atomic E-state index is 11.5. The predicted molar refractivity (Wildman–Crippen MR) is 57.8 cm³/mol. The molecule has 3 heteroatoms. The van der Waals surface area contributed by atoms with Crippen LogP contribution in [0.15, 0.2) is 0 Å². The molecule has 82 valence electrons. The molecule has 0 radical (unpaired) electrons. The fourth-order valence-electron chi connectivity index (χ4n) is 1.90. The number of hydrogen-bond donors (Lipinski definition) is 2. The SMILES string of the molecule is CCC(C)C(=O)NCC1CCC(N)C1. The number of nitrogens with one attached hydrogen (secondary N) is 1. The molecular formula is C11H22N2O. The highest BCUT2D eigenvalue weighted by atomic mass is 16.1. The molecule has 1 rings (SSSR count). The van der Waals surface area contributed by atoms with Gasteiger partial charge in [-0.1, -0.05) is 13.8 Å². The smallest absolute Gasteiger partial charge is 0.222 e. The Balaban J connectivity index is 2.17. The Morgan fingerprint density at radius 3 is 2.79 bits per heavy atom. The Bertz CT molecular complexity index is 194. The van der Waals surface area contributed by atoms with Crippen LogP contribution in [0.5, 0.6) is 0 Å². The van der Waals surface area contributed by atoms with E-state index in [1.807, 2.05) is 13.8 Å². The largest absolute Gasteiger partial charge is 0.356 e. The minimum Gasteiger partial charge on any atom is -0.356 e. The maximum atomic E-state index is 11.5. The molecule has 14 heavy (non-hydrogen) atoms. The molecule has 0 aromatic heterocycles. The minimum absolute atomic E-state index is 0.144. The van der Waals surface area contributed by atoms with Crippen LogP contribution in [0, 0.1) is 11.8 Å². The molecule has 0 spiro atoms. The van der Waals surface area contributed by atoms with Crippen LogP contribution >= 0.6 is 0 Å². The van der Waals surface area contributed by atoms with Crippen molar-refractivity contribution in [1.82, 2.24) is 5.32 Å². The Hall–Kier alpha value is -0.570. The van der Waals surface area contributed by atoms with Gasteiger partial charge in [-0.05, 0) is 31.6 Å². The molecule has 1 amide bonds. The van der Waals surface area contributed by atoms with Gasteiger partial charge in [0.15, 0.2) is 0 Å². The number of nitrogens with two attached hydrogens (primary N) is 1. The van der Waals surface area contributed by atoms with Gasteiger partial charge in [0.05, 0.1) is 0 Å². The molecule has 1 aliphatic carbocycles. The molecule has 3 nitrogen and oxygen atoms in total. The predicted octanol–water partition coefficient (Wildman–Crippen LogP) is 1.28. The summed E-state index contributed by atoms with van der Waals surface area (Å²) in [6.45, 7) is 4.82. The van der Waals surface area contributed by atoms with Crippen molar-refractivity contribution < 1.29 is 4.79 Å². The van der Waals surface area contributed by atoms with Crippen molar-refractivity contribution in [3.05, 3.63) is 0 Å². The van der Waals surface area contributed by atoms with E-state index >= 15 is 0 Å². The molecule has 3 N–H and O–H groups in total. The molecule has 0 aromatic rings. The summed E-state index contributed by atoms with van der Waals surface area (Å²) in [5, 5.41) is 3.00. The van der Waals surface area contributed by atoms with Crippen molar-refractivity contribution in [2.24, 2.45) is 17.6 Å². The molecule has 1 aliphatic rings. The average molecular weight is 198 g/mol. The van der Waals surface area contributed by atoms with Gasteiger partial charge in [-0.3, -0.25) is 4.79 Å². The van der Waals surface area contributed by atoms with E-state index in [1.54, 1.807) is 0 Å². The van der Waals surface area contributed by atoms with Crippen LogP contribution < -0.4 is 11.1 Å². The van der Waals surface area contributed by atoms with E-state index in [2.05, 4.69) is 5.32 Å². The van der Waals surface area contributed by atoms with Crippen molar-refractivity contribution in [3.63, 3.8) is 0 Å². The normalized spacial score (nSPS) is 28.8. The molecular weight excluding hydrogens is 176 g/mol. The summed E-state index contributed by atoms with van der Waals surface area (Å²) in [6, 6.07) is 0.362. The lowest BCUT2D eigenvalue weighted by atomic mass is 10.1. The summed E-state index contributed by atoms with van der Waals surface area (Å²) in [5.74, 6) is 0.941. The van der Waals surface area contributed by atoms with Crippen molar-refractivity contribution in [2.75, 3.05) is 6.54 Å². The Morgan fingerprint density at radius 1 is 1.57 bits per heavy atom. The molecule has 0 aromatic carbocycles. The van der Waals surface area contributed by atoms with Gasteiger partial charge in [0.25, 0.3) is 0 Å². The van der Waals surface area contributed by atoms with E-state index in [-0.39, 0.29) is 11.8 Å². The molecule has 0 heterocycles. The van der Waals surface area contributed by atoms with E-state index in [0.29, 0.717) is 12.0 Å². The fraction of sp³-hybridized carbons (Fsp3) is 0.909. The standard InChI is InChI=1S/C11H22N2O/c1-3-8(2)11(14)13-7-9-4-5-10(12)6-9/h8-10H,3-7,12H2,1-2H3,(H,13,14). The highest BCUT2D eigenvalue weighted by Crippen LogP contribution is 2.23. The average Bonchev–Trinajstić information content (AvgIpc) is 2.59. The lowest BCUT2D eigenvalue weighted by Gasteiger charge is -2.13. The number of hydrogen-bond acceptors (Lipinski definition) is 2. The van der Waals surface area contributed by atoms with Gasteiger partial charge in [0.2, 0.25) is 5.91 Å². The summed E-state index contributed by atoms with van der Waals surface area (Å²) in [4.78, 5) is 11.5. The topological polar surface area (TPSA) is 55.1 Å². The third-order valence-corrected chi connectivity index (χ3v) is 3.21. The van der Waals surface area contributed by atoms with Crippen LogP contribution in [-0.4, -0.2) is 18.5 Å². The van der Waals surface area contributed by atoms with Crippen LogP contribution in [0.25, 0.3) is 0 Å². The van der Waals surface area contributed by atoms with Crippen LogP contribution in [0.1, 0.15) is 39.5 Å². The summed E-state index contributed by atoms with van der Waals surface area (Å²) < 4.78 is 0. The molecule has 1 saturated carbocycles. The van der Waals surface area contributed by atoms with Crippen LogP contribution in [0.3, 0.4) is 0 Å². The van der Waals surface area contributed by atoms with Crippen molar-refractivity contribution >= 4 is 5.91 Å². The quantitative estimate of drug-likeness (QED) is 0.715. The summed E-state index contributed by atoms with van der Waals surface area (Å²) >= 11 is 0. The van der Waals surface area contributed by atoms with E-state index in [9.17, 15) is 4.79 Å². The number of carbonyl (C=O) groups is 1. The molecule has 3 unspecified atom stereocenters. The van der Waals surface area contributed by atoms with Gasteiger partial charge in [-0.15, -0.1) is 0 Å². The Kier molecular flexibility index (Phi) is 4.39. The van der Waals surface area contributed by atoms with Gasteiger partial charge in [-0.2, -0.15) is 0 Å². The Labute approximate surface area is 86.4 Å². The number of amides is 1. The third kappa shape index (κ3) is 3.29. The zero-order chi connectivity index (χ0) is 10.6. The zero-order valence-corrected chi connectivity index (χ0v) is 9.25. The summed E-state index contributed by atoms with van der Waals surface area (Å²) in [7, 11) is 0. The highest BCUT2D eigenvalue weighted by molar-refractivity contribution is 5.78. The highest BCUT2D eigenvalue weighted by Gasteiger charge is 2.22. The minimum atomic E-state index is 0.144. The summed E-state index contributed by atoms with van der Waals surface area (Å²) in [6.07, 6.45) is 4.27. The van der Waals surface area contributed by atoms with Crippen molar-refractivity contribution in [2.45, 2.75) is 45.6 Å². The number of rotatable bonds is 4. The molecule has 0 saturated heterocycles. The van der Waals surface area contributed by atoms with E-state index < -0.39 is 0 Å². The fourth-order valence-corrected chi connectivity index (χ4v) is 1.90. The first-order valence-corrected chi connectivity index (χ1v) is 5.66. The maximum Gasteiger partial charge on any atom is 0.222 e. The molecule has 0 aliphatic heterocycles. The van der Waals surface area contributed by atoms with E-state index in [0.717, 1.165) is 25.8 Å². The lowest BCUT2D eigenvalue weighted by molar-refractivity contribution is -0.124. The lowest BCUT2D eigenvalue weighted by Crippen LogP contribution is -2.33. The molecule has 1 fully saturated rings. The van der Waals surface area contributed by atoms with Gasteiger partial charge in [-0.25, -0.2) is 0 Å². The van der Waals surface area contributed by atoms with Gasteiger partial charge in [0.1, 0.15) is 0 Å². The van der Waals surface area contributed by atoms with Crippen LogP contribution in [0.4, 0.5) is 0 Å². The van der Waals surface area contributed by atoms with Gasteiger partial charge >= 0.3 is 0 Å². The first-order valence-electron chi connectivity index (χ1n) is 5.66. The van der Waals surface area contributed by atoms with Crippen LogP contribution in [0.2, 0.25) is 0 Å². The summed E-state index contributed by atoms with van der Waals surface area (Å²) in [5.41, 5.74) is 5.80. The zero-order valence-electron chi connectivity index (χ0n) is 9.25. The van der Waals surface area contributed by atoms with E-state index in [1.165, 1.54) is 6.42 Å². The van der Waals surface area contributed by atoms with Gasteiger partial charge < -0.3 is 11.1 Å². The molecule has 0 bridgehead atoms. The third-order valence-electron chi connectivity index (χ3n) is 3.21. The second-order valence-electron chi connectivity index (χ2n) is 4.49. The molecule has 3 atom stereocenters. The first-order chi connectivity index (χ1) is 6.63. The first kappa shape index (κ1) is 11.5. The van der Waals surface area contributed by atoms with Gasteiger partial charge in [0, 0.05) is 18.5 Å². The van der Waals surface area contributed by atoms with Crippen LogP contribution in [-0.2, 0) is 4.79 Å². The number of carbonyl (C=O) groups excluding carboxylic acids is 1. The van der Waals surface area contributed by atoms with Crippen molar-refractivity contribution in [3.8, 4) is 0 Å². The monoisotopic (exact) mass is 198 g/mol. The second-order valence-corrected chi connectivity index (χ2v) is 4.49. The van der Waals surface area contributed by atoms with E-state index in [4.69, 9.17) is 5.73 Å².